The van der Waals surface area contributed by atoms with Crippen LogP contribution in [0.4, 0.5) is 5.69 Å². The lowest BCUT2D eigenvalue weighted by Crippen LogP contribution is -2.39. The van der Waals surface area contributed by atoms with Gasteiger partial charge in [0.15, 0.2) is 0 Å². The van der Waals surface area contributed by atoms with Crippen LogP contribution in [0.15, 0.2) is 24.3 Å². The van der Waals surface area contributed by atoms with E-state index in [0.717, 1.165) is 38.3 Å². The predicted molar refractivity (Wildman–Crippen MR) is 89.6 cm³/mol. The third-order valence-corrected chi connectivity index (χ3v) is 3.63. The summed E-state index contributed by atoms with van der Waals surface area (Å²) < 4.78 is 0. The van der Waals surface area contributed by atoms with Gasteiger partial charge in [-0.3, -0.25) is 4.79 Å². The molecule has 0 fully saturated rings. The first-order chi connectivity index (χ1) is 10.1. The largest absolute Gasteiger partial charge is 0.365 e. The van der Waals surface area contributed by atoms with Crippen molar-refractivity contribution in [2.24, 2.45) is 0 Å². The molecule has 1 rings (SSSR count). The van der Waals surface area contributed by atoms with E-state index in [9.17, 15) is 4.79 Å². The quantitative estimate of drug-likeness (QED) is 0.710. The third-order valence-electron chi connectivity index (χ3n) is 3.63. The molecule has 0 spiro atoms. The smallest absolute Gasteiger partial charge is 0.242 e. The summed E-state index contributed by atoms with van der Waals surface area (Å²) in [4.78, 5) is 16.1. The fourth-order valence-electron chi connectivity index (χ4n) is 2.40. The Bertz CT molecular complexity index is 430. The summed E-state index contributed by atoms with van der Waals surface area (Å²) in [6.45, 7) is 10.0. The first-order valence-corrected chi connectivity index (χ1v) is 7.91. The average Bonchev–Trinajstić information content (AvgIpc) is 2.49. The van der Waals surface area contributed by atoms with Crippen LogP contribution in [0.5, 0.6) is 0 Å². The van der Waals surface area contributed by atoms with Gasteiger partial charge in [-0.05, 0) is 38.4 Å². The summed E-state index contributed by atoms with van der Waals surface area (Å²) in [5, 5.41) is 3.42. The molecule has 0 aliphatic heterocycles. The molecule has 1 aromatic carbocycles. The Hall–Kier alpha value is -1.55. The number of nitrogens with zero attached hydrogens (tertiary/aromatic N) is 2. The van der Waals surface area contributed by atoms with Gasteiger partial charge in [-0.25, -0.2) is 0 Å². The Morgan fingerprint density at radius 2 is 1.81 bits per heavy atom. The number of hydrogen-bond donors (Lipinski definition) is 1. The van der Waals surface area contributed by atoms with E-state index in [4.69, 9.17) is 0 Å². The Morgan fingerprint density at radius 3 is 2.43 bits per heavy atom. The lowest BCUT2D eigenvalue weighted by Gasteiger charge is -2.26. The van der Waals surface area contributed by atoms with Crippen LogP contribution in [0.25, 0.3) is 0 Å². The van der Waals surface area contributed by atoms with Gasteiger partial charge in [0.25, 0.3) is 0 Å². The van der Waals surface area contributed by atoms with Gasteiger partial charge in [-0.2, -0.15) is 0 Å². The summed E-state index contributed by atoms with van der Waals surface area (Å²) in [5.74, 6) is 0.179. The van der Waals surface area contributed by atoms with Crippen molar-refractivity contribution in [3.8, 4) is 0 Å². The van der Waals surface area contributed by atoms with Gasteiger partial charge < -0.3 is 15.1 Å². The minimum absolute atomic E-state index is 0.179. The second-order valence-corrected chi connectivity index (χ2v) is 5.23. The molecule has 21 heavy (non-hydrogen) atoms. The molecule has 1 aromatic rings. The monoisotopic (exact) mass is 291 g/mol. The standard InChI is InChI=1S/C17H29N3O/c1-5-12-18-13-15-10-8-9-11-16(15)19(4)14-17(21)20(6-2)7-3/h8-11,18H,5-7,12-14H2,1-4H3. The number of likely N-dealkylation sites (N-methyl/N-ethyl adjacent to an activating group) is 2. The predicted octanol–water partition coefficient (Wildman–Crippen LogP) is 2.49. The van der Waals surface area contributed by atoms with Crippen LogP contribution in [-0.2, 0) is 11.3 Å². The van der Waals surface area contributed by atoms with Crippen molar-refractivity contribution in [1.29, 1.82) is 0 Å². The number of carbonyl (C=O) groups is 1. The summed E-state index contributed by atoms with van der Waals surface area (Å²) in [7, 11) is 1.99. The Morgan fingerprint density at radius 1 is 1.14 bits per heavy atom. The Labute approximate surface area is 129 Å². The van der Waals surface area contributed by atoms with Gasteiger partial charge in [-0.1, -0.05) is 25.1 Å². The van der Waals surface area contributed by atoms with E-state index in [0.29, 0.717) is 6.54 Å². The maximum Gasteiger partial charge on any atom is 0.242 e. The van der Waals surface area contributed by atoms with Crippen molar-refractivity contribution in [3.05, 3.63) is 29.8 Å². The number of benzene rings is 1. The Kier molecular flexibility index (Phi) is 7.83. The highest BCUT2D eigenvalue weighted by molar-refractivity contribution is 5.81. The maximum atomic E-state index is 12.2. The fraction of sp³-hybridized carbons (Fsp3) is 0.588. The number of hydrogen-bond acceptors (Lipinski definition) is 3. The second-order valence-electron chi connectivity index (χ2n) is 5.23. The van der Waals surface area contributed by atoms with Crippen molar-refractivity contribution in [1.82, 2.24) is 10.2 Å². The minimum atomic E-state index is 0.179. The van der Waals surface area contributed by atoms with Crippen LogP contribution in [0.2, 0.25) is 0 Å². The first-order valence-electron chi connectivity index (χ1n) is 7.91. The number of para-hydroxylation sites is 1. The van der Waals surface area contributed by atoms with Crippen LogP contribution in [-0.4, -0.2) is 44.0 Å². The average molecular weight is 291 g/mol. The van der Waals surface area contributed by atoms with Crippen molar-refractivity contribution in [3.63, 3.8) is 0 Å². The molecular weight excluding hydrogens is 262 g/mol. The van der Waals surface area contributed by atoms with Crippen molar-refractivity contribution < 1.29 is 4.79 Å². The molecule has 118 valence electrons. The second kappa shape index (κ2) is 9.40. The normalized spacial score (nSPS) is 10.5. The van der Waals surface area contributed by atoms with Gasteiger partial charge in [0, 0.05) is 32.4 Å². The summed E-state index contributed by atoms with van der Waals surface area (Å²) in [6, 6.07) is 8.28. The molecule has 1 amide bonds. The molecule has 4 heteroatoms. The van der Waals surface area contributed by atoms with Gasteiger partial charge in [0.2, 0.25) is 5.91 Å². The molecule has 0 saturated carbocycles. The molecule has 0 unspecified atom stereocenters. The molecule has 0 heterocycles. The molecule has 0 radical (unpaired) electrons. The van der Waals surface area contributed by atoms with Crippen LogP contribution in [0.3, 0.4) is 0 Å². The van der Waals surface area contributed by atoms with Crippen molar-refractivity contribution in [2.45, 2.75) is 33.7 Å². The minimum Gasteiger partial charge on any atom is -0.365 e. The lowest BCUT2D eigenvalue weighted by molar-refractivity contribution is -0.129. The number of rotatable bonds is 9. The molecule has 0 aliphatic carbocycles. The molecule has 0 saturated heterocycles. The maximum absolute atomic E-state index is 12.2. The van der Waals surface area contributed by atoms with E-state index < -0.39 is 0 Å². The Balaban J connectivity index is 2.72. The van der Waals surface area contributed by atoms with E-state index >= 15 is 0 Å². The molecule has 0 aromatic heterocycles. The highest BCUT2D eigenvalue weighted by atomic mass is 16.2. The summed E-state index contributed by atoms with van der Waals surface area (Å²) in [5.41, 5.74) is 2.36. The number of carbonyl (C=O) groups excluding carboxylic acids is 1. The van der Waals surface area contributed by atoms with Gasteiger partial charge in [0.05, 0.1) is 6.54 Å². The highest BCUT2D eigenvalue weighted by Crippen LogP contribution is 2.19. The van der Waals surface area contributed by atoms with Gasteiger partial charge in [0.1, 0.15) is 0 Å². The molecule has 0 aliphatic rings. The molecule has 0 atom stereocenters. The van der Waals surface area contributed by atoms with E-state index in [1.807, 2.05) is 42.8 Å². The molecule has 4 nitrogen and oxygen atoms in total. The van der Waals surface area contributed by atoms with Gasteiger partial charge in [-0.15, -0.1) is 0 Å². The van der Waals surface area contributed by atoms with Crippen LogP contribution in [0.1, 0.15) is 32.8 Å². The number of amides is 1. The summed E-state index contributed by atoms with van der Waals surface area (Å²) in [6.07, 6.45) is 1.12. The molecule has 0 bridgehead atoms. The fourth-order valence-corrected chi connectivity index (χ4v) is 2.40. The zero-order chi connectivity index (χ0) is 15.7. The molecule has 1 N–H and O–H groups in total. The van der Waals surface area contributed by atoms with E-state index in [2.05, 4.69) is 24.4 Å². The van der Waals surface area contributed by atoms with Crippen molar-refractivity contribution in [2.75, 3.05) is 38.1 Å². The first kappa shape index (κ1) is 17.5. The van der Waals surface area contributed by atoms with Gasteiger partial charge >= 0.3 is 0 Å². The van der Waals surface area contributed by atoms with Crippen LogP contribution >= 0.6 is 0 Å². The van der Waals surface area contributed by atoms with E-state index in [-0.39, 0.29) is 5.91 Å². The SMILES string of the molecule is CCCNCc1ccccc1N(C)CC(=O)N(CC)CC. The molecular formula is C17H29N3O. The third kappa shape index (κ3) is 5.38. The topological polar surface area (TPSA) is 35.6 Å². The zero-order valence-corrected chi connectivity index (χ0v) is 13.9. The van der Waals surface area contributed by atoms with E-state index in [1.54, 1.807) is 0 Å². The number of nitrogens with one attached hydrogen (secondary N) is 1. The van der Waals surface area contributed by atoms with Crippen LogP contribution in [0, 0.1) is 0 Å². The van der Waals surface area contributed by atoms with Crippen molar-refractivity contribution >= 4 is 11.6 Å². The number of anilines is 1. The highest BCUT2D eigenvalue weighted by Gasteiger charge is 2.14. The van der Waals surface area contributed by atoms with E-state index in [1.165, 1.54) is 5.56 Å². The zero-order valence-electron chi connectivity index (χ0n) is 13.9. The van der Waals surface area contributed by atoms with Crippen LogP contribution < -0.4 is 10.2 Å². The summed E-state index contributed by atoms with van der Waals surface area (Å²) >= 11 is 0. The lowest BCUT2D eigenvalue weighted by atomic mass is 10.1.